The molecule has 1 aromatic carbocycles. The van der Waals surface area contributed by atoms with E-state index in [-0.39, 0.29) is 0 Å². The third kappa shape index (κ3) is 4.56. The van der Waals surface area contributed by atoms with Gasteiger partial charge in [-0.3, -0.25) is 20.2 Å². The van der Waals surface area contributed by atoms with E-state index in [0.717, 1.165) is 23.2 Å². The number of benzene rings is 1. The van der Waals surface area contributed by atoms with Gasteiger partial charge < -0.3 is 10.1 Å². The second kappa shape index (κ2) is 8.94. The number of rotatable bonds is 8. The summed E-state index contributed by atoms with van der Waals surface area (Å²) in [7, 11) is 1.63. The average Bonchev–Trinajstić information content (AvgIpc) is 2.72. The Morgan fingerprint density at radius 1 is 1.00 bits per heavy atom. The van der Waals surface area contributed by atoms with E-state index < -0.39 is 0 Å². The van der Waals surface area contributed by atoms with Gasteiger partial charge in [0, 0.05) is 49.5 Å². The summed E-state index contributed by atoms with van der Waals surface area (Å²) in [5.41, 5.74) is 3.83. The van der Waals surface area contributed by atoms with E-state index in [1.165, 1.54) is 5.06 Å². The molecule has 2 N–H and O–H groups in total. The zero-order valence-electron chi connectivity index (χ0n) is 14.7. The maximum absolute atomic E-state index is 10.3. The molecule has 6 heteroatoms. The summed E-state index contributed by atoms with van der Waals surface area (Å²) < 4.78 is 5.49. The molecule has 134 valence electrons. The maximum atomic E-state index is 10.3. The van der Waals surface area contributed by atoms with Crippen molar-refractivity contribution in [3.05, 3.63) is 72.8 Å². The molecule has 2 heterocycles. The predicted molar refractivity (Wildman–Crippen MR) is 101 cm³/mol. The van der Waals surface area contributed by atoms with E-state index in [0.29, 0.717) is 24.5 Å². The third-order valence-electron chi connectivity index (χ3n) is 4.05. The molecule has 0 spiro atoms. The Labute approximate surface area is 153 Å². The standard InChI is InChI=1S/C20H22N4O2/c1-26-20-14-18(2-3-19(20)17-6-10-22-11-7-17)24(25)13-12-23-15-16-4-8-21-9-5-16/h2-11,14,23,25H,12-13,15H2,1H3. The first-order valence-corrected chi connectivity index (χ1v) is 8.42. The van der Waals surface area contributed by atoms with Crippen LogP contribution in [0.3, 0.4) is 0 Å². The number of ether oxygens (including phenoxy) is 1. The molecule has 2 aromatic heterocycles. The molecule has 26 heavy (non-hydrogen) atoms. The Morgan fingerprint density at radius 2 is 1.69 bits per heavy atom. The van der Waals surface area contributed by atoms with E-state index >= 15 is 0 Å². The molecule has 0 bridgehead atoms. The predicted octanol–water partition coefficient (Wildman–Crippen LogP) is 3.14. The van der Waals surface area contributed by atoms with Crippen molar-refractivity contribution >= 4 is 5.69 Å². The van der Waals surface area contributed by atoms with Gasteiger partial charge in [-0.2, -0.15) is 0 Å². The van der Waals surface area contributed by atoms with Crippen LogP contribution < -0.4 is 15.1 Å². The fourth-order valence-electron chi connectivity index (χ4n) is 2.66. The molecule has 0 aliphatic carbocycles. The highest BCUT2D eigenvalue weighted by Crippen LogP contribution is 2.32. The van der Waals surface area contributed by atoms with Crippen molar-refractivity contribution < 1.29 is 9.94 Å². The molecule has 0 amide bonds. The van der Waals surface area contributed by atoms with Crippen LogP contribution in [0.25, 0.3) is 11.1 Å². The minimum Gasteiger partial charge on any atom is -0.496 e. The van der Waals surface area contributed by atoms with Crippen LogP contribution in [-0.4, -0.2) is 35.4 Å². The molecular weight excluding hydrogens is 328 g/mol. The van der Waals surface area contributed by atoms with Crippen LogP contribution in [0.4, 0.5) is 5.69 Å². The smallest absolute Gasteiger partial charge is 0.128 e. The molecule has 0 aliphatic heterocycles. The number of aromatic nitrogens is 2. The highest BCUT2D eigenvalue weighted by Gasteiger charge is 2.10. The zero-order valence-corrected chi connectivity index (χ0v) is 14.7. The number of nitrogens with zero attached hydrogens (tertiary/aromatic N) is 3. The number of methoxy groups -OCH3 is 1. The Hall–Kier alpha value is -2.96. The minimum absolute atomic E-state index is 0.461. The van der Waals surface area contributed by atoms with Crippen LogP contribution in [-0.2, 0) is 6.54 Å². The molecular formula is C20H22N4O2. The SMILES string of the molecule is COc1cc(N(O)CCNCc2ccncc2)ccc1-c1ccncc1. The van der Waals surface area contributed by atoms with Gasteiger partial charge in [0.25, 0.3) is 0 Å². The lowest BCUT2D eigenvalue weighted by Gasteiger charge is -2.19. The van der Waals surface area contributed by atoms with Crippen LogP contribution in [0.5, 0.6) is 5.75 Å². The van der Waals surface area contributed by atoms with Crippen molar-refractivity contribution in [2.45, 2.75) is 6.54 Å². The third-order valence-corrected chi connectivity index (χ3v) is 4.05. The number of nitrogens with one attached hydrogen (secondary N) is 1. The van der Waals surface area contributed by atoms with Crippen molar-refractivity contribution in [2.24, 2.45) is 0 Å². The lowest BCUT2D eigenvalue weighted by Crippen LogP contribution is -2.29. The van der Waals surface area contributed by atoms with Gasteiger partial charge in [0.15, 0.2) is 0 Å². The minimum atomic E-state index is 0.461. The number of hydrogen-bond donors (Lipinski definition) is 2. The van der Waals surface area contributed by atoms with Gasteiger partial charge in [0.05, 0.1) is 19.3 Å². The average molecular weight is 350 g/mol. The van der Waals surface area contributed by atoms with Crippen molar-refractivity contribution in [1.82, 2.24) is 15.3 Å². The van der Waals surface area contributed by atoms with Crippen molar-refractivity contribution in [2.75, 3.05) is 25.3 Å². The zero-order chi connectivity index (χ0) is 18.2. The van der Waals surface area contributed by atoms with Gasteiger partial charge in [-0.1, -0.05) is 0 Å². The van der Waals surface area contributed by atoms with E-state index in [1.807, 2.05) is 42.5 Å². The molecule has 0 unspecified atom stereocenters. The second-order valence-corrected chi connectivity index (χ2v) is 5.78. The molecule has 0 atom stereocenters. The maximum Gasteiger partial charge on any atom is 0.128 e. The fourth-order valence-corrected chi connectivity index (χ4v) is 2.66. The highest BCUT2D eigenvalue weighted by molar-refractivity contribution is 5.73. The number of anilines is 1. The van der Waals surface area contributed by atoms with Crippen LogP contribution in [0.15, 0.2) is 67.3 Å². The summed E-state index contributed by atoms with van der Waals surface area (Å²) in [6, 6.07) is 13.4. The van der Waals surface area contributed by atoms with E-state index in [1.54, 1.807) is 31.9 Å². The monoisotopic (exact) mass is 350 g/mol. The van der Waals surface area contributed by atoms with Crippen molar-refractivity contribution in [1.29, 1.82) is 0 Å². The number of hydroxylamine groups is 1. The molecule has 0 saturated heterocycles. The lowest BCUT2D eigenvalue weighted by atomic mass is 10.1. The van der Waals surface area contributed by atoms with Crippen molar-refractivity contribution in [3.63, 3.8) is 0 Å². The van der Waals surface area contributed by atoms with E-state index in [4.69, 9.17) is 4.74 Å². The molecule has 0 saturated carbocycles. The van der Waals surface area contributed by atoms with Gasteiger partial charge in [-0.25, -0.2) is 0 Å². The van der Waals surface area contributed by atoms with Crippen LogP contribution in [0, 0.1) is 0 Å². The largest absolute Gasteiger partial charge is 0.496 e. The van der Waals surface area contributed by atoms with Crippen LogP contribution in [0.2, 0.25) is 0 Å². The van der Waals surface area contributed by atoms with Gasteiger partial charge in [-0.15, -0.1) is 0 Å². The van der Waals surface area contributed by atoms with Gasteiger partial charge in [-0.05, 0) is 47.5 Å². The molecule has 0 radical (unpaired) electrons. The van der Waals surface area contributed by atoms with E-state index in [9.17, 15) is 5.21 Å². The first-order chi connectivity index (χ1) is 12.8. The lowest BCUT2D eigenvalue weighted by molar-refractivity contribution is 0.253. The van der Waals surface area contributed by atoms with Crippen molar-refractivity contribution in [3.8, 4) is 16.9 Å². The summed E-state index contributed by atoms with van der Waals surface area (Å²) >= 11 is 0. The van der Waals surface area contributed by atoms with Gasteiger partial charge >= 0.3 is 0 Å². The summed E-state index contributed by atoms with van der Waals surface area (Å²) in [5, 5.41) is 14.8. The number of hydrogen-bond acceptors (Lipinski definition) is 6. The summed E-state index contributed by atoms with van der Waals surface area (Å²) in [4.78, 5) is 8.03. The Balaban J connectivity index is 1.60. The summed E-state index contributed by atoms with van der Waals surface area (Å²) in [5.74, 6) is 0.706. The molecule has 6 nitrogen and oxygen atoms in total. The quantitative estimate of drug-likeness (QED) is 0.480. The first-order valence-electron chi connectivity index (χ1n) is 8.42. The molecule has 0 fully saturated rings. The summed E-state index contributed by atoms with van der Waals surface area (Å²) in [6.45, 7) is 1.84. The van der Waals surface area contributed by atoms with Gasteiger partial charge in [0.2, 0.25) is 0 Å². The van der Waals surface area contributed by atoms with Crippen LogP contribution in [0.1, 0.15) is 5.56 Å². The van der Waals surface area contributed by atoms with Gasteiger partial charge in [0.1, 0.15) is 5.75 Å². The first kappa shape index (κ1) is 17.8. The normalized spacial score (nSPS) is 10.5. The summed E-state index contributed by atoms with van der Waals surface area (Å²) in [6.07, 6.45) is 7.03. The Morgan fingerprint density at radius 3 is 2.38 bits per heavy atom. The highest BCUT2D eigenvalue weighted by atomic mass is 16.5. The Bertz CT molecular complexity index is 813. The number of pyridine rings is 2. The topological polar surface area (TPSA) is 70.5 Å². The van der Waals surface area contributed by atoms with Crippen LogP contribution >= 0.6 is 0 Å². The molecule has 3 rings (SSSR count). The fraction of sp³-hybridized carbons (Fsp3) is 0.200. The molecule has 0 aliphatic rings. The second-order valence-electron chi connectivity index (χ2n) is 5.78. The molecule has 3 aromatic rings. The van der Waals surface area contributed by atoms with E-state index in [2.05, 4.69) is 15.3 Å². The Kier molecular flexibility index (Phi) is 6.14.